The van der Waals surface area contributed by atoms with Gasteiger partial charge in [0.05, 0.1) is 21.3 Å². The summed E-state index contributed by atoms with van der Waals surface area (Å²) in [6, 6.07) is 11.8. The van der Waals surface area contributed by atoms with Crippen LogP contribution in [0.25, 0.3) is 11.3 Å². The number of nitrogens with one attached hydrogen (secondary N) is 1. The summed E-state index contributed by atoms with van der Waals surface area (Å²) in [5.74, 6) is -1.27. The molecule has 1 aromatic heterocycles. The summed E-state index contributed by atoms with van der Waals surface area (Å²) >= 11 is 19.2. The predicted molar refractivity (Wildman–Crippen MR) is 108 cm³/mol. The van der Waals surface area contributed by atoms with Crippen molar-refractivity contribution in [3.63, 3.8) is 0 Å². The van der Waals surface area contributed by atoms with E-state index >= 15 is 0 Å². The number of esters is 1. The maximum atomic E-state index is 12.0. The first-order chi connectivity index (χ1) is 13.0. The zero-order valence-electron chi connectivity index (χ0n) is 13.5. The minimum atomic E-state index is -0.742. The highest BCUT2D eigenvalue weighted by Crippen LogP contribution is 2.30. The van der Waals surface area contributed by atoms with Crippen molar-refractivity contribution in [1.29, 1.82) is 0 Å². The third kappa shape index (κ3) is 4.78. The fraction of sp³-hybridized carbons (Fsp3) is 0.0556. The van der Waals surface area contributed by atoms with Crippen LogP contribution in [0.15, 0.2) is 47.8 Å². The lowest BCUT2D eigenvalue weighted by molar-refractivity contribution is -0.119. The molecule has 0 saturated heterocycles. The number of benzene rings is 2. The fourth-order valence-corrected chi connectivity index (χ4v) is 3.49. The molecule has 0 aliphatic rings. The molecule has 0 fully saturated rings. The number of carbonyl (C=O) groups is 2. The van der Waals surface area contributed by atoms with Gasteiger partial charge in [-0.25, -0.2) is 9.78 Å². The van der Waals surface area contributed by atoms with Gasteiger partial charge < -0.3 is 4.74 Å². The van der Waals surface area contributed by atoms with E-state index in [2.05, 4.69) is 10.3 Å². The van der Waals surface area contributed by atoms with E-state index in [-0.39, 0.29) is 15.6 Å². The van der Waals surface area contributed by atoms with Crippen LogP contribution < -0.4 is 5.32 Å². The molecular weight excluding hydrogens is 431 g/mol. The molecule has 9 heteroatoms. The standard InChI is InChI=1S/C18H11Cl3N2O3S/c19-12-6-2-1-4-10(12)14-9-27-18(22-14)23-15(24)8-26-17(25)11-5-3-7-13(20)16(11)21/h1-7,9H,8H2,(H,22,23,24). The Morgan fingerprint density at radius 1 is 1.04 bits per heavy atom. The molecule has 1 N–H and O–H groups in total. The van der Waals surface area contributed by atoms with E-state index in [0.29, 0.717) is 15.8 Å². The van der Waals surface area contributed by atoms with Crippen molar-refractivity contribution in [3.05, 3.63) is 68.5 Å². The van der Waals surface area contributed by atoms with Crippen LogP contribution in [-0.4, -0.2) is 23.5 Å². The van der Waals surface area contributed by atoms with Gasteiger partial charge in [-0.1, -0.05) is 59.1 Å². The third-order valence-electron chi connectivity index (χ3n) is 3.41. The van der Waals surface area contributed by atoms with Crippen LogP contribution in [-0.2, 0) is 9.53 Å². The topological polar surface area (TPSA) is 68.3 Å². The van der Waals surface area contributed by atoms with Crippen molar-refractivity contribution in [2.45, 2.75) is 0 Å². The van der Waals surface area contributed by atoms with E-state index in [4.69, 9.17) is 39.5 Å². The first-order valence-electron chi connectivity index (χ1n) is 7.57. The molecule has 0 aliphatic carbocycles. The normalized spacial score (nSPS) is 10.5. The largest absolute Gasteiger partial charge is 0.452 e. The maximum Gasteiger partial charge on any atom is 0.340 e. The van der Waals surface area contributed by atoms with Gasteiger partial charge in [-0.3, -0.25) is 10.1 Å². The first kappa shape index (κ1) is 19.6. The lowest BCUT2D eigenvalue weighted by atomic mass is 10.2. The Kier molecular flexibility index (Phi) is 6.34. The lowest BCUT2D eigenvalue weighted by Gasteiger charge is -2.06. The number of ether oxygens (including phenoxy) is 1. The summed E-state index contributed by atoms with van der Waals surface area (Å²) in [7, 11) is 0. The third-order valence-corrected chi connectivity index (χ3v) is 5.31. The van der Waals surface area contributed by atoms with Crippen LogP contribution in [0.4, 0.5) is 5.13 Å². The summed E-state index contributed by atoms with van der Waals surface area (Å²) in [5.41, 5.74) is 1.49. The number of aromatic nitrogens is 1. The summed E-state index contributed by atoms with van der Waals surface area (Å²) < 4.78 is 4.97. The highest BCUT2D eigenvalue weighted by atomic mass is 35.5. The Balaban J connectivity index is 1.59. The maximum absolute atomic E-state index is 12.0. The molecular formula is C18H11Cl3N2O3S. The van der Waals surface area contributed by atoms with Crippen LogP contribution in [0.5, 0.6) is 0 Å². The Bertz CT molecular complexity index is 1010. The average Bonchev–Trinajstić information content (AvgIpc) is 3.10. The molecule has 27 heavy (non-hydrogen) atoms. The first-order valence-corrected chi connectivity index (χ1v) is 9.58. The number of hydrogen-bond donors (Lipinski definition) is 1. The molecule has 0 saturated carbocycles. The van der Waals surface area contributed by atoms with Crippen molar-refractivity contribution < 1.29 is 14.3 Å². The van der Waals surface area contributed by atoms with Gasteiger partial charge in [0.2, 0.25) is 0 Å². The number of carbonyl (C=O) groups excluding carboxylic acids is 2. The van der Waals surface area contributed by atoms with Crippen LogP contribution in [0.1, 0.15) is 10.4 Å². The van der Waals surface area contributed by atoms with Gasteiger partial charge >= 0.3 is 5.97 Å². The number of hydrogen-bond acceptors (Lipinski definition) is 5. The molecule has 1 amide bonds. The van der Waals surface area contributed by atoms with Crippen molar-refractivity contribution >= 4 is 63.1 Å². The number of amides is 1. The zero-order chi connectivity index (χ0) is 19.4. The van der Waals surface area contributed by atoms with Gasteiger partial charge in [0.25, 0.3) is 5.91 Å². The molecule has 0 radical (unpaired) electrons. The number of thiazole rings is 1. The molecule has 3 rings (SSSR count). The van der Waals surface area contributed by atoms with Gasteiger partial charge in [-0.2, -0.15) is 0 Å². The fourth-order valence-electron chi connectivity index (χ4n) is 2.15. The van der Waals surface area contributed by atoms with Crippen molar-refractivity contribution in [1.82, 2.24) is 4.98 Å². The molecule has 3 aromatic rings. The molecule has 0 bridgehead atoms. The van der Waals surface area contributed by atoms with Crippen molar-refractivity contribution in [2.75, 3.05) is 11.9 Å². The monoisotopic (exact) mass is 440 g/mol. The highest BCUT2D eigenvalue weighted by molar-refractivity contribution is 7.14. The van der Waals surface area contributed by atoms with E-state index in [9.17, 15) is 9.59 Å². The lowest BCUT2D eigenvalue weighted by Crippen LogP contribution is -2.21. The van der Waals surface area contributed by atoms with Crippen LogP contribution >= 0.6 is 46.1 Å². The number of halogens is 3. The molecule has 0 atom stereocenters. The quantitative estimate of drug-likeness (QED) is 0.526. The Morgan fingerprint density at radius 2 is 1.78 bits per heavy atom. The molecule has 0 aliphatic heterocycles. The van der Waals surface area contributed by atoms with Crippen molar-refractivity contribution in [3.8, 4) is 11.3 Å². The molecule has 0 unspecified atom stereocenters. The Hall–Kier alpha value is -2.12. The van der Waals surface area contributed by atoms with E-state index in [0.717, 1.165) is 5.56 Å². The van der Waals surface area contributed by atoms with Gasteiger partial charge in [0.1, 0.15) is 0 Å². The van der Waals surface area contributed by atoms with Crippen molar-refractivity contribution in [2.24, 2.45) is 0 Å². The minimum Gasteiger partial charge on any atom is -0.452 e. The van der Waals surface area contributed by atoms with E-state index in [1.807, 2.05) is 18.2 Å². The summed E-state index contributed by atoms with van der Waals surface area (Å²) in [5, 5.41) is 5.58. The Labute approximate surface area is 173 Å². The zero-order valence-corrected chi connectivity index (χ0v) is 16.6. The number of rotatable bonds is 5. The second kappa shape index (κ2) is 8.71. The van der Waals surface area contributed by atoms with Gasteiger partial charge in [-0.05, 0) is 18.2 Å². The van der Waals surface area contributed by atoms with Gasteiger partial charge in [0, 0.05) is 16.0 Å². The van der Waals surface area contributed by atoms with Crippen LogP contribution in [0.3, 0.4) is 0 Å². The average molecular weight is 442 g/mol. The molecule has 1 heterocycles. The summed E-state index contributed by atoms with van der Waals surface area (Å²) in [6.07, 6.45) is 0. The second-order valence-electron chi connectivity index (χ2n) is 5.24. The summed E-state index contributed by atoms with van der Waals surface area (Å²) in [4.78, 5) is 28.3. The molecule has 2 aromatic carbocycles. The number of anilines is 1. The van der Waals surface area contributed by atoms with Gasteiger partial charge in [-0.15, -0.1) is 11.3 Å². The highest BCUT2D eigenvalue weighted by Gasteiger charge is 2.16. The molecule has 5 nitrogen and oxygen atoms in total. The molecule has 138 valence electrons. The van der Waals surface area contributed by atoms with Crippen LogP contribution in [0.2, 0.25) is 15.1 Å². The molecule has 0 spiro atoms. The van der Waals surface area contributed by atoms with E-state index in [1.165, 1.54) is 17.4 Å². The van der Waals surface area contributed by atoms with Gasteiger partial charge in [0.15, 0.2) is 11.7 Å². The smallest absolute Gasteiger partial charge is 0.340 e. The second-order valence-corrected chi connectivity index (χ2v) is 7.29. The SMILES string of the molecule is O=C(COC(=O)c1cccc(Cl)c1Cl)Nc1nc(-c2ccccc2Cl)cs1. The predicted octanol–water partition coefficient (Wildman–Crippen LogP) is 5.57. The van der Waals surface area contributed by atoms with E-state index in [1.54, 1.807) is 23.6 Å². The summed E-state index contributed by atoms with van der Waals surface area (Å²) in [6.45, 7) is -0.483. The number of nitrogens with zero attached hydrogens (tertiary/aromatic N) is 1. The minimum absolute atomic E-state index is 0.0777. The van der Waals surface area contributed by atoms with Crippen LogP contribution in [0, 0.1) is 0 Å². The van der Waals surface area contributed by atoms with E-state index < -0.39 is 18.5 Å². The Morgan fingerprint density at radius 3 is 2.56 bits per heavy atom.